The summed E-state index contributed by atoms with van der Waals surface area (Å²) >= 11 is 0. The third kappa shape index (κ3) is 17.6. The third-order valence-corrected chi connectivity index (χ3v) is 6.60. The summed E-state index contributed by atoms with van der Waals surface area (Å²) in [6.07, 6.45) is 22.7. The number of halogens is 1. The molecular weight excluding hydrogens is 402 g/mol. The van der Waals surface area contributed by atoms with Gasteiger partial charge in [-0.2, -0.15) is 0 Å². The SMILES string of the molecule is CCCCCCCCCCCCCCCCCC[N+](C)(CCO)Cc1ccccc1.[Cl-]. The van der Waals surface area contributed by atoms with Crippen LogP contribution in [0.1, 0.15) is 115 Å². The molecule has 0 aliphatic carbocycles. The van der Waals surface area contributed by atoms with Gasteiger partial charge in [0.1, 0.15) is 13.1 Å². The zero-order valence-electron chi connectivity index (χ0n) is 20.8. The first-order valence-electron chi connectivity index (χ1n) is 13.2. The van der Waals surface area contributed by atoms with Gasteiger partial charge >= 0.3 is 0 Å². The number of rotatable bonds is 21. The van der Waals surface area contributed by atoms with Crippen LogP contribution in [-0.2, 0) is 6.54 Å². The molecule has 0 aliphatic heterocycles. The van der Waals surface area contributed by atoms with E-state index in [-0.39, 0.29) is 19.0 Å². The largest absolute Gasteiger partial charge is 1.00 e. The summed E-state index contributed by atoms with van der Waals surface area (Å²) in [5.41, 5.74) is 1.38. The lowest BCUT2D eigenvalue weighted by molar-refractivity contribution is -0.923. The molecule has 0 spiro atoms. The maximum atomic E-state index is 9.50. The van der Waals surface area contributed by atoms with Gasteiger partial charge in [-0.15, -0.1) is 0 Å². The summed E-state index contributed by atoms with van der Waals surface area (Å²) in [6, 6.07) is 10.7. The fourth-order valence-corrected chi connectivity index (χ4v) is 4.58. The molecule has 2 nitrogen and oxygen atoms in total. The topological polar surface area (TPSA) is 20.2 Å². The van der Waals surface area contributed by atoms with E-state index in [9.17, 15) is 5.11 Å². The van der Waals surface area contributed by atoms with E-state index < -0.39 is 0 Å². The van der Waals surface area contributed by atoms with E-state index in [4.69, 9.17) is 0 Å². The monoisotopic (exact) mass is 453 g/mol. The lowest BCUT2D eigenvalue weighted by atomic mass is 10.0. The number of benzene rings is 1. The first-order chi connectivity index (χ1) is 14.7. The van der Waals surface area contributed by atoms with Crippen molar-refractivity contribution in [2.75, 3.05) is 26.7 Å². The highest BCUT2D eigenvalue weighted by Crippen LogP contribution is 2.16. The molecule has 0 fully saturated rings. The van der Waals surface area contributed by atoms with E-state index in [1.54, 1.807) is 0 Å². The van der Waals surface area contributed by atoms with E-state index >= 15 is 0 Å². The number of likely N-dealkylation sites (N-methyl/N-ethyl adjacent to an activating group) is 1. The lowest BCUT2D eigenvalue weighted by Crippen LogP contribution is -3.00. The number of aliphatic hydroxyl groups excluding tert-OH is 1. The second kappa shape index (κ2) is 21.3. The fraction of sp³-hybridized carbons (Fsp3) is 0.786. The van der Waals surface area contributed by atoms with Crippen LogP contribution in [0, 0.1) is 0 Å². The van der Waals surface area contributed by atoms with Crippen molar-refractivity contribution in [2.24, 2.45) is 0 Å². The minimum absolute atomic E-state index is 0. The Hall–Kier alpha value is -0.570. The summed E-state index contributed by atoms with van der Waals surface area (Å²) in [5, 5.41) is 9.50. The lowest BCUT2D eigenvalue weighted by Gasteiger charge is -2.34. The Morgan fingerprint density at radius 1 is 0.613 bits per heavy atom. The molecule has 1 aromatic rings. The van der Waals surface area contributed by atoms with Crippen LogP contribution < -0.4 is 12.4 Å². The van der Waals surface area contributed by atoms with Gasteiger partial charge in [0.25, 0.3) is 0 Å². The smallest absolute Gasteiger partial charge is 0.104 e. The predicted molar refractivity (Wildman–Crippen MR) is 133 cm³/mol. The molecule has 0 radical (unpaired) electrons. The molecular formula is C28H52ClNO. The molecule has 0 saturated carbocycles. The number of hydrogen-bond donors (Lipinski definition) is 1. The minimum atomic E-state index is 0. The maximum Gasteiger partial charge on any atom is 0.104 e. The van der Waals surface area contributed by atoms with Crippen LogP contribution >= 0.6 is 0 Å². The molecule has 0 saturated heterocycles. The quantitative estimate of drug-likeness (QED) is 0.207. The van der Waals surface area contributed by atoms with Gasteiger partial charge in [0, 0.05) is 5.56 Å². The maximum absolute atomic E-state index is 9.50. The average Bonchev–Trinajstić information content (AvgIpc) is 2.74. The molecule has 0 aromatic heterocycles. The summed E-state index contributed by atoms with van der Waals surface area (Å²) in [5.74, 6) is 0. The molecule has 1 N–H and O–H groups in total. The molecule has 0 heterocycles. The van der Waals surface area contributed by atoms with E-state index in [2.05, 4.69) is 44.3 Å². The molecule has 182 valence electrons. The van der Waals surface area contributed by atoms with Gasteiger partial charge in [-0.25, -0.2) is 0 Å². The van der Waals surface area contributed by atoms with Gasteiger partial charge < -0.3 is 22.0 Å². The van der Waals surface area contributed by atoms with E-state index in [1.165, 1.54) is 115 Å². The van der Waals surface area contributed by atoms with Gasteiger partial charge in [0.2, 0.25) is 0 Å². The molecule has 1 rings (SSSR count). The Labute approximate surface area is 200 Å². The van der Waals surface area contributed by atoms with Gasteiger partial charge in [-0.1, -0.05) is 127 Å². The van der Waals surface area contributed by atoms with Gasteiger partial charge in [0.05, 0.1) is 20.2 Å². The van der Waals surface area contributed by atoms with Crippen molar-refractivity contribution < 1.29 is 22.0 Å². The molecule has 0 aliphatic rings. The van der Waals surface area contributed by atoms with Crippen LogP contribution in [0.3, 0.4) is 0 Å². The van der Waals surface area contributed by atoms with E-state index in [0.717, 1.165) is 17.6 Å². The van der Waals surface area contributed by atoms with Crippen LogP contribution in [-0.4, -0.2) is 36.3 Å². The standard InChI is InChI=1S/C28H52NO.ClH/c1-3-4-5-6-7-8-9-10-11-12-13-14-15-16-17-21-24-29(2,25-26-30)27-28-22-19-18-20-23-28;/h18-20,22-23,30H,3-17,21,24-27H2,1-2H3;1H/q+1;/p-1. The van der Waals surface area contributed by atoms with Crippen LogP contribution in [0.15, 0.2) is 30.3 Å². The molecule has 3 heteroatoms. The van der Waals surface area contributed by atoms with Crippen LogP contribution in [0.4, 0.5) is 0 Å². The summed E-state index contributed by atoms with van der Waals surface area (Å²) in [7, 11) is 2.30. The molecule has 0 bridgehead atoms. The minimum Gasteiger partial charge on any atom is -1.00 e. The van der Waals surface area contributed by atoms with Crippen LogP contribution in [0.2, 0.25) is 0 Å². The van der Waals surface area contributed by atoms with Crippen molar-refractivity contribution in [3.63, 3.8) is 0 Å². The summed E-state index contributed by atoms with van der Waals surface area (Å²) in [6.45, 7) is 5.63. The highest BCUT2D eigenvalue weighted by molar-refractivity contribution is 5.13. The van der Waals surface area contributed by atoms with E-state index in [0.29, 0.717) is 0 Å². The zero-order valence-corrected chi connectivity index (χ0v) is 21.6. The number of nitrogens with zero attached hydrogens (tertiary/aromatic N) is 1. The van der Waals surface area contributed by atoms with Crippen molar-refractivity contribution in [1.82, 2.24) is 0 Å². The summed E-state index contributed by atoms with van der Waals surface area (Å²) in [4.78, 5) is 0. The highest BCUT2D eigenvalue weighted by atomic mass is 35.5. The Bertz CT molecular complexity index is 481. The number of hydrogen-bond acceptors (Lipinski definition) is 1. The van der Waals surface area contributed by atoms with Crippen LogP contribution in [0.25, 0.3) is 0 Å². The second-order valence-electron chi connectivity index (χ2n) is 9.74. The first kappa shape index (κ1) is 30.4. The zero-order chi connectivity index (χ0) is 21.8. The number of unbranched alkanes of at least 4 members (excludes halogenated alkanes) is 15. The normalized spacial score (nSPS) is 13.0. The van der Waals surface area contributed by atoms with Crippen molar-refractivity contribution in [3.05, 3.63) is 35.9 Å². The second-order valence-corrected chi connectivity index (χ2v) is 9.74. The molecule has 0 amide bonds. The molecule has 1 atom stereocenters. The van der Waals surface area contributed by atoms with E-state index in [1.807, 2.05) is 0 Å². The molecule has 1 aromatic carbocycles. The van der Waals surface area contributed by atoms with Gasteiger partial charge in [-0.05, 0) is 12.8 Å². The Morgan fingerprint density at radius 2 is 1.03 bits per heavy atom. The summed E-state index contributed by atoms with van der Waals surface area (Å²) < 4.78 is 0.957. The number of aliphatic hydroxyl groups is 1. The molecule has 31 heavy (non-hydrogen) atoms. The van der Waals surface area contributed by atoms with Gasteiger partial charge in [0.15, 0.2) is 0 Å². The Balaban J connectivity index is 0.00000900. The van der Waals surface area contributed by atoms with Crippen molar-refractivity contribution in [2.45, 2.75) is 116 Å². The molecule has 1 unspecified atom stereocenters. The Kier molecular flexibility index (Phi) is 20.9. The van der Waals surface area contributed by atoms with Crippen molar-refractivity contribution in [3.8, 4) is 0 Å². The number of quaternary nitrogens is 1. The fourth-order valence-electron chi connectivity index (χ4n) is 4.58. The van der Waals surface area contributed by atoms with Gasteiger partial charge in [-0.3, -0.25) is 0 Å². The predicted octanol–water partition coefficient (Wildman–Crippen LogP) is 4.89. The highest BCUT2D eigenvalue weighted by Gasteiger charge is 2.20. The van der Waals surface area contributed by atoms with Crippen molar-refractivity contribution >= 4 is 0 Å². The van der Waals surface area contributed by atoms with Crippen LogP contribution in [0.5, 0.6) is 0 Å². The first-order valence-corrected chi connectivity index (χ1v) is 13.2. The van der Waals surface area contributed by atoms with Crippen molar-refractivity contribution in [1.29, 1.82) is 0 Å². The Morgan fingerprint density at radius 3 is 1.45 bits per heavy atom. The average molecular weight is 454 g/mol. The third-order valence-electron chi connectivity index (χ3n) is 6.60.